The molecule has 0 aliphatic carbocycles. The number of aromatic nitrogens is 5. The number of benzene rings is 2. The summed E-state index contributed by atoms with van der Waals surface area (Å²) in [6, 6.07) is 13.0. The molecule has 3 heterocycles. The number of thiazole rings is 1. The zero-order valence-electron chi connectivity index (χ0n) is 18.9. The van der Waals surface area contributed by atoms with E-state index in [0.717, 1.165) is 50.2 Å². The maximum absolute atomic E-state index is 4.82. The fraction of sp³-hybridized carbons (Fsp3) is 0.417. The lowest BCUT2D eigenvalue weighted by molar-refractivity contribution is 0.250. The van der Waals surface area contributed by atoms with Crippen molar-refractivity contribution in [2.45, 2.75) is 33.7 Å². The summed E-state index contributed by atoms with van der Waals surface area (Å²) >= 11 is 1.81. The molecule has 8 heteroatoms. The minimum absolute atomic E-state index is 0.615. The van der Waals surface area contributed by atoms with Gasteiger partial charge in [0.15, 0.2) is 0 Å². The first kappa shape index (κ1) is 21.0. The smallest absolute Gasteiger partial charge is 0.207 e. The first-order valence-corrected chi connectivity index (χ1v) is 12.1. The Morgan fingerprint density at radius 2 is 1.91 bits per heavy atom. The van der Waals surface area contributed by atoms with E-state index >= 15 is 0 Å². The summed E-state index contributed by atoms with van der Waals surface area (Å²) in [6.07, 6.45) is 1.07. The first-order chi connectivity index (χ1) is 15.6. The van der Waals surface area contributed by atoms with Crippen molar-refractivity contribution in [2.24, 2.45) is 5.92 Å². The molecule has 7 nitrogen and oxygen atoms in total. The Labute approximate surface area is 192 Å². The van der Waals surface area contributed by atoms with Crippen molar-refractivity contribution in [2.75, 3.05) is 31.1 Å². The highest BCUT2D eigenvalue weighted by molar-refractivity contribution is 7.18. The zero-order valence-corrected chi connectivity index (χ0v) is 19.7. The molecule has 1 N–H and O–H groups in total. The van der Waals surface area contributed by atoms with E-state index in [4.69, 9.17) is 4.98 Å². The van der Waals surface area contributed by atoms with Crippen LogP contribution in [-0.2, 0) is 13.0 Å². The third-order valence-corrected chi connectivity index (χ3v) is 7.02. The van der Waals surface area contributed by atoms with E-state index in [-0.39, 0.29) is 0 Å². The van der Waals surface area contributed by atoms with Crippen LogP contribution in [0.25, 0.3) is 21.6 Å². The highest BCUT2D eigenvalue weighted by atomic mass is 32.1. The van der Waals surface area contributed by atoms with Crippen LogP contribution in [0.1, 0.15) is 30.0 Å². The van der Waals surface area contributed by atoms with Gasteiger partial charge in [-0.05, 0) is 53.8 Å². The lowest BCUT2D eigenvalue weighted by Crippen LogP contribution is -2.46. The van der Waals surface area contributed by atoms with E-state index < -0.39 is 0 Å². The molecule has 166 valence electrons. The average Bonchev–Trinajstić information content (AvgIpc) is 3.43. The van der Waals surface area contributed by atoms with E-state index in [1.807, 2.05) is 0 Å². The summed E-state index contributed by atoms with van der Waals surface area (Å²) in [6.45, 7) is 11.6. The number of anilines is 1. The van der Waals surface area contributed by atoms with Gasteiger partial charge in [-0.15, -0.1) is 21.5 Å². The number of aromatic amines is 1. The predicted molar refractivity (Wildman–Crippen MR) is 130 cm³/mol. The van der Waals surface area contributed by atoms with Gasteiger partial charge in [0.1, 0.15) is 5.01 Å². The van der Waals surface area contributed by atoms with Crippen molar-refractivity contribution in [1.29, 1.82) is 0 Å². The molecule has 1 saturated heterocycles. The molecule has 2 aromatic carbocycles. The van der Waals surface area contributed by atoms with Crippen LogP contribution in [0.5, 0.6) is 0 Å². The Bertz CT molecular complexity index is 1160. The van der Waals surface area contributed by atoms with Crippen molar-refractivity contribution in [1.82, 2.24) is 30.5 Å². The fourth-order valence-corrected chi connectivity index (χ4v) is 5.57. The van der Waals surface area contributed by atoms with Gasteiger partial charge in [-0.1, -0.05) is 32.0 Å². The van der Waals surface area contributed by atoms with E-state index in [1.165, 1.54) is 26.5 Å². The van der Waals surface area contributed by atoms with Gasteiger partial charge in [0, 0.05) is 37.4 Å². The average molecular weight is 448 g/mol. The summed E-state index contributed by atoms with van der Waals surface area (Å²) in [5, 5.41) is 16.2. The number of H-pyrrole nitrogens is 1. The molecular weight excluding hydrogens is 418 g/mol. The number of nitrogens with zero attached hydrogens (tertiary/aromatic N) is 6. The van der Waals surface area contributed by atoms with Gasteiger partial charge >= 0.3 is 0 Å². The van der Waals surface area contributed by atoms with Crippen LogP contribution in [0, 0.1) is 12.8 Å². The molecule has 5 rings (SSSR count). The second-order valence-corrected chi connectivity index (χ2v) is 10.1. The molecule has 0 unspecified atom stereocenters. The second kappa shape index (κ2) is 8.96. The zero-order chi connectivity index (χ0) is 22.1. The molecule has 0 radical (unpaired) electrons. The van der Waals surface area contributed by atoms with Gasteiger partial charge in [-0.3, -0.25) is 4.90 Å². The lowest BCUT2D eigenvalue weighted by Gasteiger charge is -2.37. The van der Waals surface area contributed by atoms with Crippen molar-refractivity contribution in [3.63, 3.8) is 0 Å². The monoisotopic (exact) mass is 447 g/mol. The van der Waals surface area contributed by atoms with Gasteiger partial charge in [-0.2, -0.15) is 5.21 Å². The van der Waals surface area contributed by atoms with Crippen LogP contribution in [0.3, 0.4) is 0 Å². The number of nitrogens with one attached hydrogen (secondary N) is 1. The Hall–Kier alpha value is -2.84. The summed E-state index contributed by atoms with van der Waals surface area (Å²) in [4.78, 5) is 9.81. The fourth-order valence-electron chi connectivity index (χ4n) is 4.56. The Balaban J connectivity index is 1.35. The third-order valence-electron chi connectivity index (χ3n) is 6.00. The molecule has 0 amide bonds. The quantitative estimate of drug-likeness (QED) is 0.475. The molecule has 0 saturated carbocycles. The number of para-hydroxylation sites is 1. The van der Waals surface area contributed by atoms with E-state index in [2.05, 4.69) is 87.6 Å². The van der Waals surface area contributed by atoms with Crippen LogP contribution in [0.15, 0.2) is 36.4 Å². The first-order valence-electron chi connectivity index (χ1n) is 11.3. The number of rotatable bonds is 6. The topological polar surface area (TPSA) is 73.8 Å². The SMILES string of the molecule is Cc1cc(CC(C)C)cc(N2CCN(Cc3nc4ccccc4s3)CC2)c1-c1nn[nH]n1. The molecule has 2 aromatic heterocycles. The highest BCUT2D eigenvalue weighted by Gasteiger charge is 2.24. The third kappa shape index (κ3) is 4.38. The minimum atomic E-state index is 0.615. The van der Waals surface area contributed by atoms with Crippen molar-refractivity contribution >= 4 is 27.2 Å². The summed E-state index contributed by atoms with van der Waals surface area (Å²) in [5.74, 6) is 1.29. The minimum Gasteiger partial charge on any atom is -0.368 e. The number of hydrogen-bond acceptors (Lipinski definition) is 7. The molecular formula is C24H29N7S. The summed E-state index contributed by atoms with van der Waals surface area (Å²) in [7, 11) is 0. The van der Waals surface area contributed by atoms with Gasteiger partial charge in [0.2, 0.25) is 5.82 Å². The predicted octanol–water partition coefficient (Wildman–Crippen LogP) is 4.31. The van der Waals surface area contributed by atoms with E-state index in [0.29, 0.717) is 11.7 Å². The van der Waals surface area contributed by atoms with Gasteiger partial charge in [-0.25, -0.2) is 4.98 Å². The number of aryl methyl sites for hydroxylation is 1. The highest BCUT2D eigenvalue weighted by Crippen LogP contribution is 2.34. The maximum Gasteiger partial charge on any atom is 0.207 e. The number of fused-ring (bicyclic) bond motifs is 1. The largest absolute Gasteiger partial charge is 0.368 e. The van der Waals surface area contributed by atoms with Crippen molar-refractivity contribution < 1.29 is 0 Å². The van der Waals surface area contributed by atoms with Crippen LogP contribution < -0.4 is 4.90 Å². The molecule has 1 aliphatic heterocycles. The number of piperazine rings is 1. The van der Waals surface area contributed by atoms with Crippen molar-refractivity contribution in [3.05, 3.63) is 52.5 Å². The standard InChI is InChI=1S/C24H29N7S/c1-16(2)12-18-13-17(3)23(24-26-28-29-27-24)20(14-18)31-10-8-30(9-11-31)15-22-25-19-6-4-5-7-21(19)32-22/h4-7,13-14,16H,8-12,15H2,1-3H3,(H,26,27,28,29). The van der Waals surface area contributed by atoms with Crippen LogP contribution >= 0.6 is 11.3 Å². The Morgan fingerprint density at radius 3 is 2.62 bits per heavy atom. The Morgan fingerprint density at radius 1 is 1.09 bits per heavy atom. The summed E-state index contributed by atoms with van der Waals surface area (Å²) in [5.41, 5.74) is 5.99. The second-order valence-electron chi connectivity index (χ2n) is 8.98. The van der Waals surface area contributed by atoms with E-state index in [1.54, 1.807) is 11.3 Å². The Kier molecular flexibility index (Phi) is 5.89. The van der Waals surface area contributed by atoms with Crippen molar-refractivity contribution in [3.8, 4) is 11.4 Å². The number of hydrogen-bond donors (Lipinski definition) is 1. The van der Waals surface area contributed by atoms with E-state index in [9.17, 15) is 0 Å². The molecule has 1 fully saturated rings. The van der Waals surface area contributed by atoms with Crippen LogP contribution in [0.4, 0.5) is 5.69 Å². The van der Waals surface area contributed by atoms with Gasteiger partial charge < -0.3 is 4.90 Å². The van der Waals surface area contributed by atoms with Crippen LogP contribution in [-0.4, -0.2) is 56.7 Å². The maximum atomic E-state index is 4.82. The molecule has 0 spiro atoms. The lowest BCUT2D eigenvalue weighted by atomic mass is 9.95. The van der Waals surface area contributed by atoms with Crippen LogP contribution in [0.2, 0.25) is 0 Å². The normalized spacial score (nSPS) is 15.2. The summed E-state index contributed by atoms with van der Waals surface area (Å²) < 4.78 is 1.27. The molecule has 4 aromatic rings. The molecule has 1 aliphatic rings. The molecule has 32 heavy (non-hydrogen) atoms. The molecule has 0 atom stereocenters. The molecule has 0 bridgehead atoms. The van der Waals surface area contributed by atoms with Gasteiger partial charge in [0.25, 0.3) is 0 Å². The van der Waals surface area contributed by atoms with Gasteiger partial charge in [0.05, 0.1) is 16.8 Å². The number of tetrazole rings is 1.